The average molecular weight is 624 g/mol. The summed E-state index contributed by atoms with van der Waals surface area (Å²) < 4.78 is 2.24. The monoisotopic (exact) mass is 623 g/mol. The van der Waals surface area contributed by atoms with Crippen LogP contribution in [0.2, 0.25) is 0 Å². The fourth-order valence-electron chi connectivity index (χ4n) is 7.40. The lowest BCUT2D eigenvalue weighted by Gasteiger charge is -2.16. The first-order valence-corrected chi connectivity index (χ1v) is 16.7. The first-order valence-electron chi connectivity index (χ1n) is 16.7. The smallest absolute Gasteiger partial charge is 0.235 e. The van der Waals surface area contributed by atoms with E-state index < -0.39 is 0 Å². The number of para-hydroxylation sites is 1. The maximum absolute atomic E-state index is 5.49. The lowest BCUT2D eigenvalue weighted by molar-refractivity contribution is 1.01. The normalized spacial score (nSPS) is 11.7. The highest BCUT2D eigenvalue weighted by Gasteiger charge is 2.20. The average Bonchev–Trinajstić information content (AvgIpc) is 3.49. The minimum absolute atomic E-state index is 0.656. The molecule has 228 valence electrons. The van der Waals surface area contributed by atoms with Crippen molar-refractivity contribution in [3.8, 4) is 39.5 Å². The van der Waals surface area contributed by atoms with Crippen LogP contribution < -0.4 is 0 Å². The number of benzene rings is 8. The van der Waals surface area contributed by atoms with Crippen LogP contribution in [-0.4, -0.2) is 14.5 Å². The van der Waals surface area contributed by atoms with Crippen LogP contribution in [0.5, 0.6) is 0 Å². The summed E-state index contributed by atoms with van der Waals surface area (Å²) in [6.07, 6.45) is 0. The minimum Gasteiger partial charge on any atom is -0.278 e. The zero-order chi connectivity index (χ0) is 32.3. The molecule has 2 heterocycles. The van der Waals surface area contributed by atoms with Gasteiger partial charge < -0.3 is 0 Å². The van der Waals surface area contributed by atoms with Crippen molar-refractivity contribution in [2.45, 2.75) is 0 Å². The molecular weight excluding hydrogens is 595 g/mol. The van der Waals surface area contributed by atoms with Crippen LogP contribution in [0.15, 0.2) is 176 Å². The maximum Gasteiger partial charge on any atom is 0.235 e. The van der Waals surface area contributed by atoms with Crippen molar-refractivity contribution in [1.29, 1.82) is 0 Å². The van der Waals surface area contributed by atoms with Gasteiger partial charge >= 0.3 is 0 Å². The fourth-order valence-corrected chi connectivity index (χ4v) is 7.40. The van der Waals surface area contributed by atoms with Gasteiger partial charge in [0.1, 0.15) is 0 Å². The molecule has 0 fully saturated rings. The molecule has 0 amide bonds. The molecule has 8 aromatic carbocycles. The summed E-state index contributed by atoms with van der Waals surface area (Å²) in [6, 6.07) is 62.7. The Morgan fingerprint density at radius 3 is 1.67 bits per heavy atom. The van der Waals surface area contributed by atoms with E-state index in [0.29, 0.717) is 5.95 Å². The molecule has 0 saturated heterocycles. The second-order valence-electron chi connectivity index (χ2n) is 12.7. The Bertz CT molecular complexity index is 2870. The lowest BCUT2D eigenvalue weighted by Crippen LogP contribution is -2.04. The van der Waals surface area contributed by atoms with E-state index in [2.05, 4.69) is 180 Å². The number of hydrogen-bond acceptors (Lipinski definition) is 2. The van der Waals surface area contributed by atoms with E-state index in [4.69, 9.17) is 9.97 Å². The van der Waals surface area contributed by atoms with E-state index in [-0.39, 0.29) is 0 Å². The van der Waals surface area contributed by atoms with Crippen molar-refractivity contribution >= 4 is 54.3 Å². The summed E-state index contributed by atoms with van der Waals surface area (Å²) in [5.41, 5.74) is 9.65. The molecule has 3 nitrogen and oxygen atoms in total. The summed E-state index contributed by atoms with van der Waals surface area (Å²) >= 11 is 0. The molecule has 3 heteroatoms. The largest absolute Gasteiger partial charge is 0.278 e. The predicted molar refractivity (Wildman–Crippen MR) is 205 cm³/mol. The van der Waals surface area contributed by atoms with E-state index in [1.54, 1.807) is 0 Å². The number of aromatic nitrogens is 3. The predicted octanol–water partition coefficient (Wildman–Crippen LogP) is 12.0. The number of nitrogens with zero attached hydrogens (tertiary/aromatic N) is 3. The molecular formula is C46H29N3. The molecule has 2 aromatic heterocycles. The number of rotatable bonds is 4. The van der Waals surface area contributed by atoms with Crippen LogP contribution in [0, 0.1) is 0 Å². The molecule has 0 N–H and O–H groups in total. The van der Waals surface area contributed by atoms with Crippen molar-refractivity contribution < 1.29 is 0 Å². The Labute approximate surface area is 283 Å². The molecule has 49 heavy (non-hydrogen) atoms. The van der Waals surface area contributed by atoms with Gasteiger partial charge in [-0.3, -0.25) is 4.57 Å². The molecule has 0 spiro atoms. The molecule has 0 radical (unpaired) electrons. The molecule has 10 rings (SSSR count). The van der Waals surface area contributed by atoms with Crippen molar-refractivity contribution in [2.75, 3.05) is 0 Å². The van der Waals surface area contributed by atoms with Crippen LogP contribution in [0.1, 0.15) is 0 Å². The second kappa shape index (κ2) is 11.0. The summed E-state index contributed by atoms with van der Waals surface area (Å²) in [6.45, 7) is 0. The standard InChI is InChI=1S/C46H29N3/c1-3-14-31(15-4-1)38-28-41-42(29-39(38)32-16-5-2-6-17-32)47-46(48-45(41)36-24-23-30-13-7-8-18-33(30)25-36)49-43-22-12-11-21-37(43)40-26-34-19-9-10-20-35(34)27-44(40)49/h1-29H. The van der Waals surface area contributed by atoms with Crippen molar-refractivity contribution in [1.82, 2.24) is 14.5 Å². The van der Waals surface area contributed by atoms with Crippen molar-refractivity contribution in [3.63, 3.8) is 0 Å². The third kappa shape index (κ3) is 4.51. The molecule has 0 aliphatic carbocycles. The van der Waals surface area contributed by atoms with Gasteiger partial charge in [0.05, 0.1) is 22.2 Å². The zero-order valence-electron chi connectivity index (χ0n) is 26.6. The zero-order valence-corrected chi connectivity index (χ0v) is 26.6. The van der Waals surface area contributed by atoms with Crippen molar-refractivity contribution in [2.24, 2.45) is 0 Å². The van der Waals surface area contributed by atoms with Crippen LogP contribution in [0.4, 0.5) is 0 Å². The summed E-state index contributed by atoms with van der Waals surface area (Å²) in [4.78, 5) is 10.9. The molecule has 0 aliphatic heterocycles. The fraction of sp³-hybridized carbons (Fsp3) is 0. The summed E-state index contributed by atoms with van der Waals surface area (Å²) in [5, 5.41) is 8.18. The van der Waals surface area contributed by atoms with E-state index in [0.717, 1.165) is 55.4 Å². The molecule has 0 atom stereocenters. The van der Waals surface area contributed by atoms with Gasteiger partial charge in [-0.05, 0) is 80.2 Å². The van der Waals surface area contributed by atoms with E-state index in [9.17, 15) is 0 Å². The topological polar surface area (TPSA) is 30.7 Å². The Hall–Kier alpha value is -6.58. The van der Waals surface area contributed by atoms with Gasteiger partial charge in [-0.15, -0.1) is 0 Å². The van der Waals surface area contributed by atoms with E-state index in [1.807, 2.05) is 0 Å². The van der Waals surface area contributed by atoms with Crippen LogP contribution in [0.3, 0.4) is 0 Å². The van der Waals surface area contributed by atoms with Crippen LogP contribution in [0.25, 0.3) is 93.7 Å². The van der Waals surface area contributed by atoms with Crippen LogP contribution >= 0.6 is 0 Å². The van der Waals surface area contributed by atoms with Gasteiger partial charge in [0.2, 0.25) is 5.95 Å². The van der Waals surface area contributed by atoms with E-state index >= 15 is 0 Å². The lowest BCUT2D eigenvalue weighted by atomic mass is 9.91. The highest BCUT2D eigenvalue weighted by atomic mass is 15.2. The summed E-state index contributed by atoms with van der Waals surface area (Å²) in [5.74, 6) is 0.656. The van der Waals surface area contributed by atoms with Gasteiger partial charge in [-0.25, -0.2) is 9.97 Å². The van der Waals surface area contributed by atoms with Crippen LogP contribution in [-0.2, 0) is 0 Å². The van der Waals surface area contributed by atoms with E-state index in [1.165, 1.54) is 32.3 Å². The highest BCUT2D eigenvalue weighted by molar-refractivity contribution is 6.13. The third-order valence-corrected chi connectivity index (χ3v) is 9.76. The Balaban J connectivity index is 1.34. The second-order valence-corrected chi connectivity index (χ2v) is 12.7. The van der Waals surface area contributed by atoms with Gasteiger partial charge in [0, 0.05) is 21.7 Å². The Kier molecular flexibility index (Phi) is 6.18. The number of fused-ring (bicyclic) bond motifs is 6. The molecule has 0 aliphatic rings. The maximum atomic E-state index is 5.49. The third-order valence-electron chi connectivity index (χ3n) is 9.76. The van der Waals surface area contributed by atoms with Gasteiger partial charge in [0.15, 0.2) is 0 Å². The molecule has 0 bridgehead atoms. The first kappa shape index (κ1) is 27.5. The Morgan fingerprint density at radius 2 is 0.939 bits per heavy atom. The molecule has 0 saturated carbocycles. The quantitative estimate of drug-likeness (QED) is 0.195. The highest BCUT2D eigenvalue weighted by Crippen LogP contribution is 2.40. The van der Waals surface area contributed by atoms with Crippen molar-refractivity contribution in [3.05, 3.63) is 176 Å². The Morgan fingerprint density at radius 1 is 0.347 bits per heavy atom. The number of hydrogen-bond donors (Lipinski definition) is 0. The minimum atomic E-state index is 0.656. The summed E-state index contributed by atoms with van der Waals surface area (Å²) in [7, 11) is 0. The molecule has 10 aromatic rings. The van der Waals surface area contributed by atoms with Gasteiger partial charge in [0.25, 0.3) is 0 Å². The SMILES string of the molecule is c1ccc(-c2cc3nc(-n4c5ccccc5c5cc6ccccc6cc54)nc(-c4ccc5ccccc5c4)c3cc2-c2ccccc2)cc1. The van der Waals surface area contributed by atoms with Gasteiger partial charge in [-0.1, -0.05) is 140 Å². The first-order chi connectivity index (χ1) is 24.3. The molecule has 0 unspecified atom stereocenters. The van der Waals surface area contributed by atoms with Gasteiger partial charge in [-0.2, -0.15) is 0 Å².